The number of rotatable bonds is 5. The molecule has 186 valence electrons. The zero-order valence-electron chi connectivity index (χ0n) is 20.1. The molecule has 0 aliphatic heterocycles. The number of nitrogens with zero attached hydrogens (tertiary/aromatic N) is 2. The maximum Gasteiger partial charge on any atom is 0.238 e. The minimum Gasteiger partial charge on any atom is -0.437 e. The number of fused-ring (bicyclic) bond motifs is 1. The highest BCUT2D eigenvalue weighted by Crippen LogP contribution is 2.42. The second-order valence-corrected chi connectivity index (χ2v) is 10.4. The van der Waals surface area contributed by atoms with Gasteiger partial charge in [0, 0.05) is 11.1 Å². The number of furan rings is 1. The average Bonchev–Trinajstić information content (AvgIpc) is 3.34. The van der Waals surface area contributed by atoms with Crippen molar-refractivity contribution >= 4 is 26.9 Å². The fourth-order valence-corrected chi connectivity index (χ4v) is 5.12. The molecule has 8 heteroatoms. The number of nitrogens with two attached hydrogens (primary N) is 2. The Morgan fingerprint density at radius 3 is 1.79 bits per heavy atom. The van der Waals surface area contributed by atoms with E-state index in [-0.39, 0.29) is 10.7 Å². The molecule has 4 N–H and O–H groups in total. The lowest BCUT2D eigenvalue weighted by molar-refractivity contribution is 0.597. The SMILES string of the molecule is Nc1ncnc2oc(-c3cccc(S(N)(=O)=O)c3)c(-c3ccc(-c4ccc(-c5ccccc5)cc4)cc3)c12. The van der Waals surface area contributed by atoms with Gasteiger partial charge < -0.3 is 10.2 Å². The van der Waals surface area contributed by atoms with Gasteiger partial charge in [0.15, 0.2) is 0 Å². The maximum absolute atomic E-state index is 12.0. The normalized spacial score (nSPS) is 11.6. The lowest BCUT2D eigenvalue weighted by Gasteiger charge is -2.08. The van der Waals surface area contributed by atoms with Gasteiger partial charge in [0.2, 0.25) is 15.7 Å². The molecule has 38 heavy (non-hydrogen) atoms. The van der Waals surface area contributed by atoms with Gasteiger partial charge in [-0.15, -0.1) is 0 Å². The third-order valence-electron chi connectivity index (χ3n) is 6.44. The molecule has 0 saturated carbocycles. The molecule has 0 spiro atoms. The van der Waals surface area contributed by atoms with Crippen molar-refractivity contribution in [1.29, 1.82) is 0 Å². The minimum absolute atomic E-state index is 0.0187. The van der Waals surface area contributed by atoms with E-state index in [4.69, 9.17) is 15.3 Å². The number of anilines is 1. The summed E-state index contributed by atoms with van der Waals surface area (Å²) < 4.78 is 30.0. The van der Waals surface area contributed by atoms with Crippen LogP contribution in [0.2, 0.25) is 0 Å². The Kier molecular flexibility index (Phi) is 5.75. The Hall–Kier alpha value is -4.79. The summed E-state index contributed by atoms with van der Waals surface area (Å²) in [6.45, 7) is 0. The van der Waals surface area contributed by atoms with Crippen LogP contribution in [0, 0.1) is 0 Å². The first-order chi connectivity index (χ1) is 18.4. The summed E-state index contributed by atoms with van der Waals surface area (Å²) in [7, 11) is -3.90. The number of aromatic nitrogens is 2. The number of hydrogen-bond acceptors (Lipinski definition) is 6. The predicted octanol–water partition coefficient (Wildman–Crippen LogP) is 6.12. The standard InChI is InChI=1S/C30H22N4O3S/c31-29-27-26(28(37-30(27)34-18-33-29)24-7-4-8-25(17-24)38(32,35)36)23-15-13-22(14-16-23)21-11-9-20(10-12-21)19-5-2-1-3-6-19/h1-18H,(H2,31,33,34)(H2,32,35,36). The fraction of sp³-hybridized carbons (Fsp3) is 0. The van der Waals surface area contributed by atoms with E-state index < -0.39 is 10.0 Å². The molecule has 0 bridgehead atoms. The molecule has 0 amide bonds. The highest BCUT2D eigenvalue weighted by Gasteiger charge is 2.22. The molecule has 0 fully saturated rings. The Morgan fingerprint density at radius 2 is 1.18 bits per heavy atom. The lowest BCUT2D eigenvalue weighted by atomic mass is 9.96. The van der Waals surface area contributed by atoms with Crippen molar-refractivity contribution in [2.24, 2.45) is 5.14 Å². The Morgan fingerprint density at radius 1 is 0.632 bits per heavy atom. The van der Waals surface area contributed by atoms with Crippen LogP contribution >= 0.6 is 0 Å². The van der Waals surface area contributed by atoms with Crippen LogP contribution in [0.3, 0.4) is 0 Å². The van der Waals surface area contributed by atoms with Crippen LogP contribution in [0.15, 0.2) is 119 Å². The molecule has 6 rings (SSSR count). The predicted molar refractivity (Wildman–Crippen MR) is 149 cm³/mol. The topological polar surface area (TPSA) is 125 Å². The molecule has 0 radical (unpaired) electrons. The van der Waals surface area contributed by atoms with Crippen molar-refractivity contribution < 1.29 is 12.8 Å². The van der Waals surface area contributed by atoms with Gasteiger partial charge in [-0.3, -0.25) is 0 Å². The van der Waals surface area contributed by atoms with Crippen LogP contribution in [-0.2, 0) is 10.0 Å². The van der Waals surface area contributed by atoms with Crippen molar-refractivity contribution in [3.63, 3.8) is 0 Å². The van der Waals surface area contributed by atoms with Gasteiger partial charge in [-0.25, -0.2) is 23.5 Å². The van der Waals surface area contributed by atoms with Gasteiger partial charge in [0.05, 0.1) is 10.3 Å². The lowest BCUT2D eigenvalue weighted by Crippen LogP contribution is -2.11. The van der Waals surface area contributed by atoms with Crippen LogP contribution in [-0.4, -0.2) is 18.4 Å². The molecular weight excluding hydrogens is 496 g/mol. The first kappa shape index (κ1) is 23.6. The number of hydrogen-bond donors (Lipinski definition) is 2. The van der Waals surface area contributed by atoms with E-state index in [0.717, 1.165) is 22.3 Å². The third-order valence-corrected chi connectivity index (χ3v) is 7.35. The largest absolute Gasteiger partial charge is 0.437 e. The molecule has 7 nitrogen and oxygen atoms in total. The van der Waals surface area contributed by atoms with E-state index >= 15 is 0 Å². The second-order valence-electron chi connectivity index (χ2n) is 8.84. The molecular formula is C30H22N4O3S. The highest BCUT2D eigenvalue weighted by molar-refractivity contribution is 7.89. The van der Waals surface area contributed by atoms with E-state index in [9.17, 15) is 8.42 Å². The number of primary sulfonamides is 1. The summed E-state index contributed by atoms with van der Waals surface area (Å²) >= 11 is 0. The van der Waals surface area contributed by atoms with Crippen LogP contribution < -0.4 is 10.9 Å². The summed E-state index contributed by atoms with van der Waals surface area (Å²) in [4.78, 5) is 8.37. The van der Waals surface area contributed by atoms with Crippen molar-refractivity contribution in [2.75, 3.05) is 5.73 Å². The first-order valence-corrected chi connectivity index (χ1v) is 13.4. The van der Waals surface area contributed by atoms with Crippen molar-refractivity contribution in [3.8, 4) is 44.7 Å². The third kappa shape index (κ3) is 4.32. The number of sulfonamides is 1. The van der Waals surface area contributed by atoms with Crippen LogP contribution in [0.25, 0.3) is 55.8 Å². The van der Waals surface area contributed by atoms with Gasteiger partial charge >= 0.3 is 0 Å². The van der Waals surface area contributed by atoms with Crippen LogP contribution in [0.1, 0.15) is 0 Å². The van der Waals surface area contributed by atoms with Gasteiger partial charge in [0.1, 0.15) is 17.9 Å². The van der Waals surface area contributed by atoms with Crippen molar-refractivity contribution in [3.05, 3.63) is 109 Å². The van der Waals surface area contributed by atoms with Gasteiger partial charge in [0.25, 0.3) is 0 Å². The smallest absolute Gasteiger partial charge is 0.238 e. The van der Waals surface area contributed by atoms with Crippen LogP contribution in [0.4, 0.5) is 5.82 Å². The molecule has 0 saturated heterocycles. The molecule has 6 aromatic rings. The average molecular weight is 519 g/mol. The summed E-state index contributed by atoms with van der Waals surface area (Å²) in [5.74, 6) is 0.695. The monoisotopic (exact) mass is 518 g/mol. The van der Waals surface area contributed by atoms with E-state index in [2.05, 4.69) is 46.4 Å². The first-order valence-electron chi connectivity index (χ1n) is 11.8. The highest BCUT2D eigenvalue weighted by atomic mass is 32.2. The molecule has 2 aromatic heterocycles. The zero-order chi connectivity index (χ0) is 26.3. The minimum atomic E-state index is -3.90. The van der Waals surface area contributed by atoms with Gasteiger partial charge in [-0.2, -0.15) is 0 Å². The summed E-state index contributed by atoms with van der Waals surface area (Å²) in [6, 6.07) is 32.9. The van der Waals surface area contributed by atoms with Crippen molar-refractivity contribution in [1.82, 2.24) is 9.97 Å². The maximum atomic E-state index is 12.0. The quantitative estimate of drug-likeness (QED) is 0.283. The Bertz CT molecular complexity index is 1880. The second kappa shape index (κ2) is 9.26. The van der Waals surface area contributed by atoms with E-state index in [1.54, 1.807) is 12.1 Å². The van der Waals surface area contributed by atoms with Crippen LogP contribution in [0.5, 0.6) is 0 Å². The summed E-state index contributed by atoms with van der Waals surface area (Å²) in [6.07, 6.45) is 1.33. The van der Waals surface area contributed by atoms with E-state index in [0.29, 0.717) is 28.0 Å². The molecule has 2 heterocycles. The van der Waals surface area contributed by atoms with Gasteiger partial charge in [-0.05, 0) is 39.9 Å². The summed E-state index contributed by atoms with van der Waals surface area (Å²) in [5.41, 5.74) is 13.0. The van der Waals surface area contributed by atoms with E-state index in [1.165, 1.54) is 24.0 Å². The Labute approximate surface area is 219 Å². The fourth-order valence-electron chi connectivity index (χ4n) is 4.56. The van der Waals surface area contributed by atoms with Gasteiger partial charge in [-0.1, -0.05) is 91.0 Å². The molecule has 0 aliphatic rings. The molecule has 0 unspecified atom stereocenters. The molecule has 0 atom stereocenters. The zero-order valence-corrected chi connectivity index (χ0v) is 20.9. The Balaban J connectivity index is 1.43. The summed E-state index contributed by atoms with van der Waals surface area (Å²) in [5, 5.41) is 5.92. The van der Waals surface area contributed by atoms with E-state index in [1.807, 2.05) is 42.5 Å². The number of benzene rings is 4. The molecule has 0 aliphatic carbocycles. The number of nitrogen functional groups attached to an aromatic ring is 1. The molecule has 4 aromatic carbocycles. The van der Waals surface area contributed by atoms with Crippen molar-refractivity contribution in [2.45, 2.75) is 4.90 Å².